The van der Waals surface area contributed by atoms with E-state index < -0.39 is 5.91 Å². The predicted octanol–water partition coefficient (Wildman–Crippen LogP) is 4.23. The Labute approximate surface area is 160 Å². The number of methoxy groups -OCH3 is 1. The summed E-state index contributed by atoms with van der Waals surface area (Å²) < 4.78 is 5.06. The first kappa shape index (κ1) is 19.1. The lowest BCUT2D eigenvalue weighted by Gasteiger charge is -2.10. The number of anilines is 1. The summed E-state index contributed by atoms with van der Waals surface area (Å²) in [4.78, 5) is 11.9. The molecule has 2 aromatic carbocycles. The van der Waals surface area contributed by atoms with Crippen molar-refractivity contribution < 1.29 is 14.6 Å². The SMILES string of the molecule is COc1ccc(/C=C/C(=O)NC(=S)Nc2cc(Cl)c(O)c(Cl)c2)cc1. The first-order chi connectivity index (χ1) is 11.9. The lowest BCUT2D eigenvalue weighted by molar-refractivity contribution is -0.115. The van der Waals surface area contributed by atoms with Crippen LogP contribution in [-0.2, 0) is 4.79 Å². The van der Waals surface area contributed by atoms with Crippen LogP contribution in [0.2, 0.25) is 10.0 Å². The van der Waals surface area contributed by atoms with Crippen LogP contribution in [0.25, 0.3) is 6.08 Å². The average Bonchev–Trinajstić information content (AvgIpc) is 2.58. The van der Waals surface area contributed by atoms with Gasteiger partial charge in [0.1, 0.15) is 5.75 Å². The van der Waals surface area contributed by atoms with Gasteiger partial charge in [-0.1, -0.05) is 35.3 Å². The van der Waals surface area contributed by atoms with E-state index in [1.807, 2.05) is 12.1 Å². The van der Waals surface area contributed by atoms with Crippen LogP contribution in [0.15, 0.2) is 42.5 Å². The van der Waals surface area contributed by atoms with Gasteiger partial charge in [0, 0.05) is 11.8 Å². The van der Waals surface area contributed by atoms with Crippen molar-refractivity contribution >= 4 is 58.2 Å². The van der Waals surface area contributed by atoms with Crippen molar-refractivity contribution in [1.82, 2.24) is 5.32 Å². The molecule has 3 N–H and O–H groups in total. The van der Waals surface area contributed by atoms with Gasteiger partial charge in [-0.3, -0.25) is 10.1 Å². The van der Waals surface area contributed by atoms with Crippen LogP contribution in [0.3, 0.4) is 0 Å². The van der Waals surface area contributed by atoms with Gasteiger partial charge in [-0.15, -0.1) is 0 Å². The molecule has 5 nitrogen and oxygen atoms in total. The molecule has 2 aromatic rings. The van der Waals surface area contributed by atoms with Gasteiger partial charge in [0.15, 0.2) is 10.9 Å². The summed E-state index contributed by atoms with van der Waals surface area (Å²) in [6, 6.07) is 10.1. The Bertz CT molecular complexity index is 800. The second-order valence-corrected chi connectivity index (χ2v) is 6.06. The quantitative estimate of drug-likeness (QED) is 0.409. The van der Waals surface area contributed by atoms with Gasteiger partial charge in [-0.25, -0.2) is 0 Å². The average molecular weight is 397 g/mol. The van der Waals surface area contributed by atoms with Gasteiger partial charge in [0.25, 0.3) is 0 Å². The molecule has 0 saturated heterocycles. The molecule has 2 rings (SSSR count). The molecular weight excluding hydrogens is 383 g/mol. The van der Waals surface area contributed by atoms with Gasteiger partial charge in [0.2, 0.25) is 5.91 Å². The molecule has 0 aromatic heterocycles. The summed E-state index contributed by atoms with van der Waals surface area (Å²) in [6.45, 7) is 0. The Morgan fingerprint density at radius 1 is 1.20 bits per heavy atom. The molecule has 0 spiro atoms. The molecule has 0 saturated carbocycles. The maximum atomic E-state index is 11.9. The summed E-state index contributed by atoms with van der Waals surface area (Å²) in [7, 11) is 1.58. The van der Waals surface area contributed by atoms with Gasteiger partial charge in [-0.05, 0) is 48.1 Å². The van der Waals surface area contributed by atoms with Crippen molar-refractivity contribution in [2.24, 2.45) is 0 Å². The minimum atomic E-state index is -0.399. The van der Waals surface area contributed by atoms with Crippen LogP contribution in [0, 0.1) is 0 Å². The second-order valence-electron chi connectivity index (χ2n) is 4.84. The number of ether oxygens (including phenoxy) is 1. The van der Waals surface area contributed by atoms with Gasteiger partial charge >= 0.3 is 0 Å². The highest BCUT2D eigenvalue weighted by Crippen LogP contribution is 2.34. The van der Waals surface area contributed by atoms with Crippen molar-refractivity contribution in [3.05, 3.63) is 58.1 Å². The monoisotopic (exact) mass is 396 g/mol. The largest absolute Gasteiger partial charge is 0.505 e. The number of hydrogen-bond donors (Lipinski definition) is 3. The van der Waals surface area contributed by atoms with Crippen LogP contribution in [0.5, 0.6) is 11.5 Å². The van der Waals surface area contributed by atoms with Crippen LogP contribution >= 0.6 is 35.4 Å². The van der Waals surface area contributed by atoms with E-state index in [0.29, 0.717) is 5.69 Å². The molecule has 1 amide bonds. The van der Waals surface area contributed by atoms with Crippen LogP contribution < -0.4 is 15.4 Å². The van der Waals surface area contributed by atoms with E-state index in [4.69, 9.17) is 40.2 Å². The van der Waals surface area contributed by atoms with E-state index in [-0.39, 0.29) is 20.9 Å². The van der Waals surface area contributed by atoms with Crippen molar-refractivity contribution in [3.63, 3.8) is 0 Å². The number of phenols is 1. The fourth-order valence-electron chi connectivity index (χ4n) is 1.84. The summed E-state index contributed by atoms with van der Waals surface area (Å²) in [5.74, 6) is 0.119. The van der Waals surface area contributed by atoms with Crippen molar-refractivity contribution in [2.75, 3.05) is 12.4 Å². The smallest absolute Gasteiger partial charge is 0.250 e. The summed E-state index contributed by atoms with van der Waals surface area (Å²) in [5.41, 5.74) is 1.28. The Balaban J connectivity index is 1.93. The lowest BCUT2D eigenvalue weighted by Crippen LogP contribution is -2.32. The highest BCUT2D eigenvalue weighted by atomic mass is 35.5. The fraction of sp³-hybridized carbons (Fsp3) is 0.0588. The number of halogens is 2. The number of thiocarbonyl (C=S) groups is 1. The zero-order valence-electron chi connectivity index (χ0n) is 13.0. The summed E-state index contributed by atoms with van der Waals surface area (Å²) in [5, 5.41) is 15.0. The molecule has 0 unspecified atom stereocenters. The van der Waals surface area contributed by atoms with Gasteiger partial charge in [0.05, 0.1) is 17.2 Å². The fourth-order valence-corrected chi connectivity index (χ4v) is 2.55. The maximum absolute atomic E-state index is 11.9. The molecule has 0 aliphatic rings. The Morgan fingerprint density at radius 2 is 1.80 bits per heavy atom. The second kappa shape index (κ2) is 8.71. The number of benzene rings is 2. The number of nitrogens with one attached hydrogen (secondary N) is 2. The molecule has 8 heteroatoms. The first-order valence-corrected chi connectivity index (χ1v) is 8.17. The molecular formula is C17H14Cl2N2O3S. The minimum Gasteiger partial charge on any atom is -0.505 e. The van der Waals surface area contributed by atoms with Gasteiger partial charge < -0.3 is 15.2 Å². The summed E-state index contributed by atoms with van der Waals surface area (Å²) >= 11 is 16.7. The highest BCUT2D eigenvalue weighted by Gasteiger charge is 2.08. The van der Waals surface area contributed by atoms with Gasteiger partial charge in [-0.2, -0.15) is 0 Å². The third kappa shape index (κ3) is 5.63. The number of amides is 1. The zero-order chi connectivity index (χ0) is 18.4. The normalized spacial score (nSPS) is 10.5. The Kier molecular flexibility index (Phi) is 6.64. The molecule has 0 fully saturated rings. The van der Waals surface area contributed by atoms with Crippen molar-refractivity contribution in [1.29, 1.82) is 0 Å². The first-order valence-electron chi connectivity index (χ1n) is 7.01. The topological polar surface area (TPSA) is 70.6 Å². The lowest BCUT2D eigenvalue weighted by atomic mass is 10.2. The number of carbonyl (C=O) groups excluding carboxylic acids is 1. The van der Waals surface area contributed by atoms with E-state index >= 15 is 0 Å². The molecule has 0 atom stereocenters. The van der Waals surface area contributed by atoms with E-state index in [9.17, 15) is 9.90 Å². The summed E-state index contributed by atoms with van der Waals surface area (Å²) in [6.07, 6.45) is 3.00. The van der Waals surface area contributed by atoms with Crippen molar-refractivity contribution in [3.8, 4) is 11.5 Å². The molecule has 0 heterocycles. The maximum Gasteiger partial charge on any atom is 0.250 e. The number of rotatable bonds is 4. The molecule has 0 aliphatic heterocycles. The molecule has 25 heavy (non-hydrogen) atoms. The zero-order valence-corrected chi connectivity index (χ0v) is 15.4. The molecule has 0 bridgehead atoms. The van der Waals surface area contributed by atoms with Crippen LogP contribution in [-0.4, -0.2) is 23.2 Å². The van der Waals surface area contributed by atoms with Crippen LogP contribution in [0.1, 0.15) is 5.56 Å². The predicted molar refractivity (Wildman–Crippen MR) is 105 cm³/mol. The highest BCUT2D eigenvalue weighted by molar-refractivity contribution is 7.80. The standard InChI is InChI=1S/C17H14Cl2N2O3S/c1-24-12-5-2-10(3-6-12)4-7-15(22)21-17(25)20-11-8-13(18)16(23)14(19)9-11/h2-9,23H,1H3,(H2,20,21,22,25)/b7-4+. The van der Waals surface area contributed by atoms with Crippen molar-refractivity contribution in [2.45, 2.75) is 0 Å². The molecule has 0 aliphatic carbocycles. The third-order valence-corrected chi connectivity index (χ3v) is 3.83. The van der Waals surface area contributed by atoms with E-state index in [1.165, 1.54) is 18.2 Å². The number of carbonyl (C=O) groups is 1. The number of hydrogen-bond acceptors (Lipinski definition) is 4. The molecule has 130 valence electrons. The van der Waals surface area contributed by atoms with E-state index in [1.54, 1.807) is 25.3 Å². The number of aromatic hydroxyl groups is 1. The third-order valence-electron chi connectivity index (χ3n) is 3.05. The van der Waals surface area contributed by atoms with E-state index in [2.05, 4.69) is 10.6 Å². The minimum absolute atomic E-state index is 0.0715. The number of phenolic OH excluding ortho intramolecular Hbond substituents is 1. The Morgan fingerprint density at radius 3 is 2.36 bits per heavy atom. The molecule has 0 radical (unpaired) electrons. The van der Waals surface area contributed by atoms with E-state index in [0.717, 1.165) is 11.3 Å². The Hall–Kier alpha value is -2.28. The van der Waals surface area contributed by atoms with Crippen LogP contribution in [0.4, 0.5) is 5.69 Å².